The summed E-state index contributed by atoms with van der Waals surface area (Å²) in [5.74, 6) is 0.0593. The van der Waals surface area contributed by atoms with Gasteiger partial charge in [0.2, 0.25) is 11.8 Å². The van der Waals surface area contributed by atoms with E-state index in [0.717, 1.165) is 5.69 Å². The van der Waals surface area contributed by atoms with Gasteiger partial charge in [-0.15, -0.1) is 0 Å². The number of rotatable bonds is 9. The molecule has 160 valence electrons. The molecule has 2 aromatic rings. The van der Waals surface area contributed by atoms with Crippen molar-refractivity contribution in [1.29, 1.82) is 0 Å². The molecule has 1 aliphatic rings. The van der Waals surface area contributed by atoms with Crippen molar-refractivity contribution in [3.63, 3.8) is 0 Å². The molecule has 2 heterocycles. The largest absolute Gasteiger partial charge is 0.497 e. The molecule has 30 heavy (non-hydrogen) atoms. The van der Waals surface area contributed by atoms with Gasteiger partial charge in [0, 0.05) is 42.7 Å². The Kier molecular flexibility index (Phi) is 7.03. The van der Waals surface area contributed by atoms with Gasteiger partial charge >= 0.3 is 0 Å². The van der Waals surface area contributed by atoms with Gasteiger partial charge in [0.15, 0.2) is 0 Å². The number of nitrogens with one attached hydrogen (secondary N) is 2. The number of ether oxygens (including phenoxy) is 1. The minimum Gasteiger partial charge on any atom is -0.497 e. The van der Waals surface area contributed by atoms with Crippen LogP contribution >= 0.6 is 0 Å². The lowest BCUT2D eigenvalue weighted by atomic mass is 9.84. The topological polar surface area (TPSA) is 80.3 Å². The summed E-state index contributed by atoms with van der Waals surface area (Å²) in [7, 11) is 1.53. The van der Waals surface area contributed by atoms with Crippen LogP contribution in [0.2, 0.25) is 0 Å². The van der Waals surface area contributed by atoms with E-state index in [1.165, 1.54) is 13.2 Å². The summed E-state index contributed by atoms with van der Waals surface area (Å²) < 4.78 is 19.5. The van der Waals surface area contributed by atoms with Gasteiger partial charge in [-0.1, -0.05) is 6.07 Å². The van der Waals surface area contributed by atoms with E-state index in [-0.39, 0.29) is 30.1 Å². The van der Waals surface area contributed by atoms with E-state index < -0.39 is 5.54 Å². The van der Waals surface area contributed by atoms with Crippen LogP contribution in [0.3, 0.4) is 0 Å². The normalized spacial score (nSPS) is 19.2. The van der Waals surface area contributed by atoms with E-state index in [2.05, 4.69) is 15.6 Å². The van der Waals surface area contributed by atoms with Crippen LogP contribution in [0.25, 0.3) is 0 Å². The maximum Gasteiger partial charge on any atom is 0.220 e. The second-order valence-electron chi connectivity index (χ2n) is 7.96. The fraction of sp³-hybridized carbons (Fsp3) is 0.435. The maximum absolute atomic E-state index is 14.4. The van der Waals surface area contributed by atoms with Crippen molar-refractivity contribution < 1.29 is 18.7 Å². The number of methoxy groups -OCH3 is 1. The van der Waals surface area contributed by atoms with E-state index in [4.69, 9.17) is 4.74 Å². The van der Waals surface area contributed by atoms with Crippen molar-refractivity contribution in [3.05, 3.63) is 59.7 Å². The Balaban J connectivity index is 1.61. The zero-order valence-electron chi connectivity index (χ0n) is 17.4. The highest BCUT2D eigenvalue weighted by Crippen LogP contribution is 2.31. The van der Waals surface area contributed by atoms with Crippen molar-refractivity contribution in [3.8, 4) is 5.75 Å². The first-order valence-corrected chi connectivity index (χ1v) is 10.2. The molecule has 1 aromatic heterocycles. The number of carbonyl (C=O) groups excluding carboxylic acids is 2. The third kappa shape index (κ3) is 5.78. The first-order valence-electron chi connectivity index (χ1n) is 10.2. The number of hydrogen-bond donors (Lipinski definition) is 2. The van der Waals surface area contributed by atoms with Crippen molar-refractivity contribution >= 4 is 11.8 Å². The van der Waals surface area contributed by atoms with Gasteiger partial charge < -0.3 is 15.4 Å². The lowest BCUT2D eigenvalue weighted by Crippen LogP contribution is -2.45. The highest BCUT2D eigenvalue weighted by molar-refractivity contribution is 5.80. The lowest BCUT2D eigenvalue weighted by molar-refractivity contribution is -0.123. The summed E-state index contributed by atoms with van der Waals surface area (Å²) in [6.07, 6.45) is 4.33. The van der Waals surface area contributed by atoms with Crippen LogP contribution in [0.15, 0.2) is 42.6 Å². The molecule has 0 aliphatic carbocycles. The number of halogens is 1. The number of pyridine rings is 1. The van der Waals surface area contributed by atoms with Crippen LogP contribution in [0, 0.1) is 5.82 Å². The van der Waals surface area contributed by atoms with Crippen LogP contribution in [0.5, 0.6) is 5.75 Å². The summed E-state index contributed by atoms with van der Waals surface area (Å²) in [4.78, 5) is 28.7. The van der Waals surface area contributed by atoms with Crippen molar-refractivity contribution in [2.45, 2.75) is 57.0 Å². The zero-order chi connectivity index (χ0) is 21.6. The number of hydrogen-bond acceptors (Lipinski definition) is 4. The molecular weight excluding hydrogens is 385 g/mol. The number of amides is 2. The molecule has 2 atom stereocenters. The van der Waals surface area contributed by atoms with Gasteiger partial charge in [0.05, 0.1) is 7.11 Å². The van der Waals surface area contributed by atoms with Crippen LogP contribution in [0.4, 0.5) is 4.39 Å². The highest BCUT2D eigenvalue weighted by atomic mass is 19.1. The van der Waals surface area contributed by atoms with Crippen LogP contribution < -0.4 is 15.4 Å². The minimum absolute atomic E-state index is 0.0580. The molecule has 7 heteroatoms. The van der Waals surface area contributed by atoms with E-state index in [9.17, 15) is 14.0 Å². The van der Waals surface area contributed by atoms with Crippen LogP contribution in [-0.2, 0) is 22.4 Å². The molecule has 0 spiro atoms. The third-order valence-corrected chi connectivity index (χ3v) is 5.50. The Morgan fingerprint density at radius 3 is 2.87 bits per heavy atom. The molecule has 1 aliphatic heterocycles. The van der Waals surface area contributed by atoms with E-state index >= 15 is 0 Å². The fourth-order valence-electron chi connectivity index (χ4n) is 3.94. The Labute approximate surface area is 176 Å². The van der Waals surface area contributed by atoms with Gasteiger partial charge in [0.1, 0.15) is 11.6 Å². The quantitative estimate of drug-likeness (QED) is 0.662. The smallest absolute Gasteiger partial charge is 0.220 e. The Morgan fingerprint density at radius 2 is 2.20 bits per heavy atom. The number of benzene rings is 1. The summed E-state index contributed by atoms with van der Waals surface area (Å²) in [5, 5.41) is 5.98. The molecule has 0 bridgehead atoms. The van der Waals surface area contributed by atoms with Gasteiger partial charge in [-0.2, -0.15) is 0 Å². The summed E-state index contributed by atoms with van der Waals surface area (Å²) in [5.41, 5.74) is 0.755. The molecule has 3 rings (SSSR count). The maximum atomic E-state index is 14.4. The molecule has 1 fully saturated rings. The number of nitrogens with zero attached hydrogens (tertiary/aromatic N) is 1. The Bertz CT molecular complexity index is 891. The third-order valence-electron chi connectivity index (χ3n) is 5.50. The Hall–Kier alpha value is -2.96. The first-order chi connectivity index (χ1) is 14.4. The number of carbonyl (C=O) groups is 2. The molecule has 1 saturated heterocycles. The summed E-state index contributed by atoms with van der Waals surface area (Å²) in [6.45, 7) is 1.94. The SMILES string of the molecule is COc1ccc(F)c(C[C@]2(CCC(=O)N[C@@H](C)Cc3ccccn3)CCC(=O)N2)c1. The van der Waals surface area contributed by atoms with Gasteiger partial charge in [-0.25, -0.2) is 4.39 Å². The highest BCUT2D eigenvalue weighted by Gasteiger charge is 2.38. The van der Waals surface area contributed by atoms with E-state index in [0.29, 0.717) is 43.4 Å². The molecule has 2 N–H and O–H groups in total. The molecule has 0 saturated carbocycles. The number of aromatic nitrogens is 1. The minimum atomic E-state index is -0.633. The van der Waals surface area contributed by atoms with Crippen LogP contribution in [0.1, 0.15) is 43.9 Å². The average molecular weight is 413 g/mol. The molecule has 2 amide bonds. The fourth-order valence-corrected chi connectivity index (χ4v) is 3.94. The monoisotopic (exact) mass is 413 g/mol. The predicted molar refractivity (Wildman–Crippen MR) is 112 cm³/mol. The van der Waals surface area contributed by atoms with Gasteiger partial charge in [0.25, 0.3) is 0 Å². The standard InChI is InChI=1S/C23H28FN3O3/c1-16(13-18-5-3-4-12-25-18)26-21(28)8-10-23(11-9-22(29)27-23)15-17-14-19(30-2)6-7-20(17)24/h3-7,12,14,16H,8-11,13,15H2,1-2H3,(H,26,28)(H,27,29)/t16-,23-/m0/s1. The van der Waals surface area contributed by atoms with E-state index in [1.54, 1.807) is 18.3 Å². The predicted octanol–water partition coefficient (Wildman–Crippen LogP) is 2.95. The lowest BCUT2D eigenvalue weighted by Gasteiger charge is -2.30. The molecular formula is C23H28FN3O3. The second kappa shape index (κ2) is 9.69. The van der Waals surface area contributed by atoms with Crippen molar-refractivity contribution in [2.24, 2.45) is 0 Å². The molecule has 0 unspecified atom stereocenters. The average Bonchev–Trinajstić information content (AvgIpc) is 3.09. The molecule has 1 aromatic carbocycles. The molecule has 6 nitrogen and oxygen atoms in total. The summed E-state index contributed by atoms with van der Waals surface area (Å²) in [6, 6.07) is 10.2. The molecule has 0 radical (unpaired) electrons. The zero-order valence-corrected chi connectivity index (χ0v) is 17.4. The Morgan fingerprint density at radius 1 is 1.37 bits per heavy atom. The first kappa shape index (κ1) is 21.7. The van der Waals surface area contributed by atoms with Gasteiger partial charge in [-0.05, 0) is 62.1 Å². The van der Waals surface area contributed by atoms with E-state index in [1.807, 2.05) is 25.1 Å². The summed E-state index contributed by atoms with van der Waals surface area (Å²) >= 11 is 0. The van der Waals surface area contributed by atoms with Crippen molar-refractivity contribution in [1.82, 2.24) is 15.6 Å². The second-order valence-corrected chi connectivity index (χ2v) is 7.96. The van der Waals surface area contributed by atoms with Crippen molar-refractivity contribution in [2.75, 3.05) is 7.11 Å². The van der Waals surface area contributed by atoms with Gasteiger partial charge in [-0.3, -0.25) is 14.6 Å². The van der Waals surface area contributed by atoms with Crippen LogP contribution in [-0.4, -0.2) is 35.5 Å².